The third-order valence-electron chi connectivity index (χ3n) is 1.77. The summed E-state index contributed by atoms with van der Waals surface area (Å²) in [4.78, 5) is 10.2. The quantitative estimate of drug-likeness (QED) is 0.468. The van der Waals surface area contributed by atoms with Gasteiger partial charge in [0.1, 0.15) is 11.7 Å². The van der Waals surface area contributed by atoms with Gasteiger partial charge in [-0.1, -0.05) is 6.07 Å². The summed E-state index contributed by atoms with van der Waals surface area (Å²) in [5, 5.41) is 17.4. The number of rotatable bonds is 2. The van der Waals surface area contributed by atoms with Crippen LogP contribution in [-0.4, -0.2) is 17.0 Å². The lowest BCUT2D eigenvalue weighted by molar-refractivity contribution is 0.200. The van der Waals surface area contributed by atoms with Crippen LogP contribution in [0.5, 0.6) is 0 Å². The zero-order chi connectivity index (χ0) is 11.4. The summed E-state index contributed by atoms with van der Waals surface area (Å²) < 4.78 is 13.3. The molecule has 1 aromatic rings. The van der Waals surface area contributed by atoms with Gasteiger partial charge >= 0.3 is 6.09 Å². The molecule has 0 aliphatic heterocycles. The average molecular weight is 248 g/mol. The Labute approximate surface area is 97.4 Å². The van der Waals surface area contributed by atoms with Gasteiger partial charge in [-0.05, 0) is 17.7 Å². The molecule has 0 unspecified atom stereocenters. The normalized spacial score (nSPS) is 9.12. The molecule has 0 heterocycles. The van der Waals surface area contributed by atoms with E-state index in [4.69, 9.17) is 16.2 Å². The predicted octanol–water partition coefficient (Wildman–Crippen LogP) is 1.30. The van der Waals surface area contributed by atoms with E-state index in [9.17, 15) is 9.18 Å². The minimum Gasteiger partial charge on any atom is -0.465 e. The van der Waals surface area contributed by atoms with Crippen LogP contribution in [0.3, 0.4) is 0 Å². The standard InChI is InChI=1S/C9H10FN3O2.ClH/c10-7-3-5(4-11)1-2-6(7)8(12)13-9(14)15;/h1-3H,4,11H2,(H2,12,13)(H,14,15);1H. The van der Waals surface area contributed by atoms with Gasteiger partial charge in [0.25, 0.3) is 0 Å². The predicted molar refractivity (Wildman–Crippen MR) is 59.5 cm³/mol. The van der Waals surface area contributed by atoms with Crippen LogP contribution in [0.1, 0.15) is 11.1 Å². The van der Waals surface area contributed by atoms with Crippen molar-refractivity contribution >= 4 is 24.3 Å². The Hall–Kier alpha value is -1.66. The number of benzene rings is 1. The first-order chi connectivity index (χ1) is 7.04. The molecule has 5 N–H and O–H groups in total. The van der Waals surface area contributed by atoms with E-state index >= 15 is 0 Å². The molecule has 0 radical (unpaired) electrons. The topological polar surface area (TPSA) is 99.2 Å². The summed E-state index contributed by atoms with van der Waals surface area (Å²) in [5.41, 5.74) is 5.78. The molecule has 0 aliphatic rings. The summed E-state index contributed by atoms with van der Waals surface area (Å²) >= 11 is 0. The number of carboxylic acid groups (broad SMARTS) is 1. The summed E-state index contributed by atoms with van der Waals surface area (Å²) in [6, 6.07) is 4.03. The summed E-state index contributed by atoms with van der Waals surface area (Å²) in [6.07, 6.45) is -1.40. The second-order valence-electron chi connectivity index (χ2n) is 2.82. The first kappa shape index (κ1) is 14.3. The van der Waals surface area contributed by atoms with Crippen LogP contribution in [0.2, 0.25) is 0 Å². The van der Waals surface area contributed by atoms with Crippen molar-refractivity contribution < 1.29 is 14.3 Å². The average Bonchev–Trinajstić information content (AvgIpc) is 2.16. The van der Waals surface area contributed by atoms with Gasteiger partial charge in [-0.15, -0.1) is 12.4 Å². The molecule has 0 atom stereocenters. The van der Waals surface area contributed by atoms with E-state index in [0.717, 1.165) is 0 Å². The van der Waals surface area contributed by atoms with E-state index in [-0.39, 0.29) is 24.5 Å². The number of halogens is 2. The highest BCUT2D eigenvalue weighted by molar-refractivity contribution is 6.04. The fraction of sp³-hybridized carbons (Fsp3) is 0.111. The van der Waals surface area contributed by atoms with Crippen LogP contribution in [0.25, 0.3) is 0 Å². The fourth-order valence-corrected chi connectivity index (χ4v) is 1.06. The molecular weight excluding hydrogens is 237 g/mol. The Morgan fingerprint density at radius 3 is 2.62 bits per heavy atom. The van der Waals surface area contributed by atoms with Gasteiger partial charge in [-0.25, -0.2) is 9.18 Å². The molecule has 5 nitrogen and oxygen atoms in total. The highest BCUT2D eigenvalue weighted by Gasteiger charge is 2.10. The highest BCUT2D eigenvalue weighted by Crippen LogP contribution is 2.09. The zero-order valence-electron chi connectivity index (χ0n) is 8.16. The minimum atomic E-state index is -1.40. The number of nitrogens with one attached hydrogen (secondary N) is 2. The molecule has 7 heteroatoms. The van der Waals surface area contributed by atoms with E-state index in [2.05, 4.69) is 0 Å². The van der Waals surface area contributed by atoms with Crippen LogP contribution in [0, 0.1) is 11.2 Å². The summed E-state index contributed by atoms with van der Waals surface area (Å²) in [7, 11) is 0. The molecule has 88 valence electrons. The van der Waals surface area contributed by atoms with Crippen LogP contribution in [0.15, 0.2) is 18.2 Å². The van der Waals surface area contributed by atoms with Gasteiger partial charge < -0.3 is 10.8 Å². The number of hydrogen-bond donors (Lipinski definition) is 4. The maximum Gasteiger partial charge on any atom is 0.410 e. The first-order valence-electron chi connectivity index (χ1n) is 4.12. The summed E-state index contributed by atoms with van der Waals surface area (Å²) in [6.45, 7) is 0.191. The number of hydrogen-bond acceptors (Lipinski definition) is 3. The molecular formula is C9H11ClFN3O2. The Morgan fingerprint density at radius 2 is 2.19 bits per heavy atom. The molecule has 16 heavy (non-hydrogen) atoms. The lowest BCUT2D eigenvalue weighted by Crippen LogP contribution is -2.29. The van der Waals surface area contributed by atoms with E-state index < -0.39 is 17.7 Å². The number of carbonyl (C=O) groups is 1. The van der Waals surface area contributed by atoms with Crippen molar-refractivity contribution in [1.29, 1.82) is 5.41 Å². The lowest BCUT2D eigenvalue weighted by Gasteiger charge is -2.06. The molecule has 0 saturated heterocycles. The Balaban J connectivity index is 0.00000225. The smallest absolute Gasteiger partial charge is 0.410 e. The molecule has 1 amide bonds. The first-order valence-corrected chi connectivity index (χ1v) is 4.12. The molecule has 0 spiro atoms. The maximum absolute atomic E-state index is 13.3. The Morgan fingerprint density at radius 1 is 1.56 bits per heavy atom. The molecule has 0 bridgehead atoms. The van der Waals surface area contributed by atoms with E-state index in [1.54, 1.807) is 5.32 Å². The van der Waals surface area contributed by atoms with E-state index in [0.29, 0.717) is 5.56 Å². The van der Waals surface area contributed by atoms with E-state index in [1.807, 2.05) is 0 Å². The van der Waals surface area contributed by atoms with Gasteiger partial charge in [-0.2, -0.15) is 0 Å². The number of amidine groups is 1. The van der Waals surface area contributed by atoms with Gasteiger partial charge in [0, 0.05) is 6.54 Å². The summed E-state index contributed by atoms with van der Waals surface area (Å²) in [5.74, 6) is -1.17. The molecule has 1 aromatic carbocycles. The van der Waals surface area contributed by atoms with Gasteiger partial charge in [0.15, 0.2) is 0 Å². The van der Waals surface area contributed by atoms with Gasteiger partial charge in [0.05, 0.1) is 5.56 Å². The minimum absolute atomic E-state index is 0. The van der Waals surface area contributed by atoms with Crippen LogP contribution in [0.4, 0.5) is 9.18 Å². The Bertz CT molecular complexity index is 412. The van der Waals surface area contributed by atoms with Gasteiger partial charge in [-0.3, -0.25) is 10.7 Å². The SMILES string of the molecule is Cl.N=C(NC(=O)O)c1ccc(CN)cc1F. The van der Waals surface area contributed by atoms with E-state index in [1.165, 1.54) is 18.2 Å². The van der Waals surface area contributed by atoms with Crippen molar-refractivity contribution in [3.05, 3.63) is 35.1 Å². The van der Waals surface area contributed by atoms with Crippen molar-refractivity contribution in [3.8, 4) is 0 Å². The van der Waals surface area contributed by atoms with Crippen LogP contribution >= 0.6 is 12.4 Å². The number of nitrogens with two attached hydrogens (primary N) is 1. The third kappa shape index (κ3) is 3.48. The van der Waals surface area contributed by atoms with Gasteiger partial charge in [0.2, 0.25) is 0 Å². The maximum atomic E-state index is 13.3. The van der Waals surface area contributed by atoms with Crippen molar-refractivity contribution in [2.24, 2.45) is 5.73 Å². The molecule has 0 aromatic heterocycles. The molecule has 0 saturated carbocycles. The monoisotopic (exact) mass is 247 g/mol. The molecule has 1 rings (SSSR count). The molecule has 0 fully saturated rings. The Kier molecular flexibility index (Phi) is 5.41. The lowest BCUT2D eigenvalue weighted by atomic mass is 10.1. The molecule has 0 aliphatic carbocycles. The third-order valence-corrected chi connectivity index (χ3v) is 1.77. The second-order valence-corrected chi connectivity index (χ2v) is 2.82. The van der Waals surface area contributed by atoms with Crippen molar-refractivity contribution in [1.82, 2.24) is 5.32 Å². The highest BCUT2D eigenvalue weighted by atomic mass is 35.5. The largest absolute Gasteiger partial charge is 0.465 e. The number of amides is 1. The zero-order valence-corrected chi connectivity index (χ0v) is 8.97. The van der Waals surface area contributed by atoms with Crippen molar-refractivity contribution in [2.45, 2.75) is 6.54 Å². The van der Waals surface area contributed by atoms with Crippen molar-refractivity contribution in [2.75, 3.05) is 0 Å². The van der Waals surface area contributed by atoms with Crippen LogP contribution < -0.4 is 11.1 Å². The van der Waals surface area contributed by atoms with Crippen molar-refractivity contribution in [3.63, 3.8) is 0 Å². The van der Waals surface area contributed by atoms with Crippen LogP contribution in [-0.2, 0) is 6.54 Å². The second kappa shape index (κ2) is 6.04. The fourth-order valence-electron chi connectivity index (χ4n) is 1.06.